The zero-order valence-corrected chi connectivity index (χ0v) is 15.6. The Bertz CT molecular complexity index is 804. The van der Waals surface area contributed by atoms with E-state index in [-0.39, 0.29) is 5.91 Å². The molecule has 3 aromatic rings. The van der Waals surface area contributed by atoms with Crippen molar-refractivity contribution in [2.24, 2.45) is 0 Å². The van der Waals surface area contributed by atoms with E-state index >= 15 is 0 Å². The third-order valence-corrected chi connectivity index (χ3v) is 4.68. The Morgan fingerprint density at radius 3 is 2.58 bits per heavy atom. The maximum absolute atomic E-state index is 12.9. The molecule has 5 nitrogen and oxygen atoms in total. The molecule has 1 amide bonds. The number of hydrogen-bond acceptors (Lipinski definition) is 5. The fourth-order valence-electron chi connectivity index (χ4n) is 2.54. The van der Waals surface area contributed by atoms with E-state index < -0.39 is 0 Å². The molecule has 0 radical (unpaired) electrons. The van der Waals surface area contributed by atoms with E-state index in [9.17, 15) is 4.79 Å². The number of nitrogens with one attached hydrogen (secondary N) is 1. The van der Waals surface area contributed by atoms with Gasteiger partial charge in [-0.25, -0.2) is 9.97 Å². The molecule has 2 heterocycles. The Hall–Kier alpha value is -2.73. The summed E-state index contributed by atoms with van der Waals surface area (Å²) in [5.74, 6) is 0.446. The van der Waals surface area contributed by atoms with Gasteiger partial charge in [-0.3, -0.25) is 4.79 Å². The lowest BCUT2D eigenvalue weighted by Gasteiger charge is -2.22. The number of benzene rings is 1. The van der Waals surface area contributed by atoms with Crippen molar-refractivity contribution in [2.75, 3.05) is 11.9 Å². The van der Waals surface area contributed by atoms with E-state index in [0.29, 0.717) is 18.1 Å². The van der Waals surface area contributed by atoms with Gasteiger partial charge in [-0.1, -0.05) is 31.5 Å². The lowest BCUT2D eigenvalue weighted by atomic mass is 10.2. The SMILES string of the molecule is CCCCN(Cc1ccsc1)C(=O)c1cnc(Nc2ccccc2)nc1. The van der Waals surface area contributed by atoms with Gasteiger partial charge in [-0.2, -0.15) is 11.3 Å². The largest absolute Gasteiger partial charge is 0.334 e. The fourth-order valence-corrected chi connectivity index (χ4v) is 3.20. The van der Waals surface area contributed by atoms with E-state index in [1.165, 1.54) is 0 Å². The number of hydrogen-bond donors (Lipinski definition) is 1. The van der Waals surface area contributed by atoms with Crippen molar-refractivity contribution in [3.05, 3.63) is 70.7 Å². The minimum atomic E-state index is -0.0316. The summed E-state index contributed by atoms with van der Waals surface area (Å²) < 4.78 is 0. The first-order chi connectivity index (χ1) is 12.8. The zero-order valence-electron chi connectivity index (χ0n) is 14.8. The average Bonchev–Trinajstić information content (AvgIpc) is 3.19. The van der Waals surface area contributed by atoms with Gasteiger partial charge in [0.15, 0.2) is 0 Å². The summed E-state index contributed by atoms with van der Waals surface area (Å²) in [6.07, 6.45) is 5.20. The minimum Gasteiger partial charge on any atom is -0.334 e. The molecule has 0 aliphatic carbocycles. The molecule has 2 aromatic heterocycles. The Labute approximate surface area is 157 Å². The number of nitrogens with zero attached hydrogens (tertiary/aromatic N) is 3. The number of thiophene rings is 1. The van der Waals surface area contributed by atoms with Crippen LogP contribution in [0.15, 0.2) is 59.6 Å². The molecule has 0 saturated carbocycles. The van der Waals surface area contributed by atoms with Gasteiger partial charge in [0.2, 0.25) is 5.95 Å². The molecule has 6 heteroatoms. The van der Waals surface area contributed by atoms with Crippen LogP contribution in [0.25, 0.3) is 0 Å². The van der Waals surface area contributed by atoms with Crippen molar-refractivity contribution in [1.82, 2.24) is 14.9 Å². The summed E-state index contributed by atoms with van der Waals surface area (Å²) in [6, 6.07) is 11.8. The highest BCUT2D eigenvalue weighted by molar-refractivity contribution is 7.07. The highest BCUT2D eigenvalue weighted by Crippen LogP contribution is 2.15. The molecule has 3 rings (SSSR count). The first kappa shape index (κ1) is 18.1. The Kier molecular flexibility index (Phi) is 6.33. The topological polar surface area (TPSA) is 58.1 Å². The van der Waals surface area contributed by atoms with Gasteiger partial charge in [0.25, 0.3) is 5.91 Å². The molecule has 26 heavy (non-hydrogen) atoms. The van der Waals surface area contributed by atoms with Crippen molar-refractivity contribution >= 4 is 28.9 Å². The molecule has 0 fully saturated rings. The van der Waals surface area contributed by atoms with Crippen LogP contribution in [0.2, 0.25) is 0 Å². The molecule has 1 N–H and O–H groups in total. The molecule has 0 atom stereocenters. The van der Waals surface area contributed by atoms with Crippen LogP contribution >= 0.6 is 11.3 Å². The van der Waals surface area contributed by atoms with Crippen LogP contribution in [-0.2, 0) is 6.54 Å². The van der Waals surface area contributed by atoms with E-state index in [1.54, 1.807) is 23.7 Å². The van der Waals surface area contributed by atoms with E-state index in [2.05, 4.69) is 33.7 Å². The van der Waals surface area contributed by atoms with Gasteiger partial charge in [-0.15, -0.1) is 0 Å². The number of unbranched alkanes of at least 4 members (excludes halogenated alkanes) is 1. The van der Waals surface area contributed by atoms with Gasteiger partial charge in [0, 0.05) is 31.2 Å². The van der Waals surface area contributed by atoms with Gasteiger partial charge in [0.05, 0.1) is 5.56 Å². The second-order valence-corrected chi connectivity index (χ2v) is 6.78. The molecular formula is C20H22N4OS. The number of carbonyl (C=O) groups is 1. The molecule has 0 aliphatic rings. The van der Waals surface area contributed by atoms with Crippen LogP contribution < -0.4 is 5.32 Å². The Balaban J connectivity index is 1.69. The van der Waals surface area contributed by atoms with Crippen molar-refractivity contribution < 1.29 is 4.79 Å². The summed E-state index contributed by atoms with van der Waals surface area (Å²) in [5, 5.41) is 7.24. The van der Waals surface area contributed by atoms with E-state index in [1.807, 2.05) is 40.6 Å². The standard InChI is InChI=1S/C20H22N4OS/c1-2-3-10-24(14-16-9-11-26-15-16)19(25)17-12-21-20(22-13-17)23-18-7-5-4-6-8-18/h4-9,11-13,15H,2-3,10,14H2,1H3,(H,21,22,23). The monoisotopic (exact) mass is 366 g/mol. The first-order valence-corrected chi connectivity index (χ1v) is 9.65. The lowest BCUT2D eigenvalue weighted by Crippen LogP contribution is -2.31. The van der Waals surface area contributed by atoms with Crippen LogP contribution in [0.4, 0.5) is 11.6 Å². The van der Waals surface area contributed by atoms with Crippen LogP contribution in [0.5, 0.6) is 0 Å². The molecule has 134 valence electrons. The van der Waals surface area contributed by atoms with Gasteiger partial charge < -0.3 is 10.2 Å². The Morgan fingerprint density at radius 2 is 1.92 bits per heavy atom. The lowest BCUT2D eigenvalue weighted by molar-refractivity contribution is 0.0740. The first-order valence-electron chi connectivity index (χ1n) is 8.70. The maximum Gasteiger partial charge on any atom is 0.257 e. The molecular weight excluding hydrogens is 344 g/mol. The van der Waals surface area contributed by atoms with E-state index in [0.717, 1.165) is 30.6 Å². The number of para-hydroxylation sites is 1. The molecule has 0 bridgehead atoms. The van der Waals surface area contributed by atoms with Crippen molar-refractivity contribution in [3.8, 4) is 0 Å². The molecule has 0 spiro atoms. The maximum atomic E-state index is 12.9. The smallest absolute Gasteiger partial charge is 0.257 e. The second kappa shape index (κ2) is 9.10. The summed E-state index contributed by atoms with van der Waals surface area (Å²) in [6.45, 7) is 3.47. The number of rotatable bonds is 8. The van der Waals surface area contributed by atoms with Crippen LogP contribution in [0.3, 0.4) is 0 Å². The van der Waals surface area contributed by atoms with Crippen LogP contribution in [0.1, 0.15) is 35.7 Å². The van der Waals surface area contributed by atoms with Gasteiger partial charge >= 0.3 is 0 Å². The summed E-state index contributed by atoms with van der Waals surface area (Å²) in [5.41, 5.74) is 2.58. The molecule has 1 aromatic carbocycles. The van der Waals surface area contributed by atoms with Crippen molar-refractivity contribution in [1.29, 1.82) is 0 Å². The van der Waals surface area contributed by atoms with Crippen LogP contribution in [-0.4, -0.2) is 27.3 Å². The fraction of sp³-hybridized carbons (Fsp3) is 0.250. The summed E-state index contributed by atoms with van der Waals surface area (Å²) >= 11 is 1.64. The predicted molar refractivity (Wildman–Crippen MR) is 106 cm³/mol. The third-order valence-electron chi connectivity index (χ3n) is 3.95. The highest BCUT2D eigenvalue weighted by Gasteiger charge is 2.17. The third kappa shape index (κ3) is 4.89. The van der Waals surface area contributed by atoms with Crippen molar-refractivity contribution in [2.45, 2.75) is 26.3 Å². The summed E-state index contributed by atoms with van der Waals surface area (Å²) in [4.78, 5) is 23.3. The van der Waals surface area contributed by atoms with Gasteiger partial charge in [0.1, 0.15) is 0 Å². The molecule has 0 saturated heterocycles. The molecule has 0 unspecified atom stereocenters. The summed E-state index contributed by atoms with van der Waals surface area (Å²) in [7, 11) is 0. The minimum absolute atomic E-state index is 0.0316. The van der Waals surface area contributed by atoms with Gasteiger partial charge in [-0.05, 0) is 40.9 Å². The average molecular weight is 366 g/mol. The highest BCUT2D eigenvalue weighted by atomic mass is 32.1. The number of anilines is 2. The normalized spacial score (nSPS) is 10.5. The number of aromatic nitrogens is 2. The predicted octanol–water partition coefficient (Wildman–Crippen LogP) is 4.72. The van der Waals surface area contributed by atoms with E-state index in [4.69, 9.17) is 0 Å². The molecule has 0 aliphatic heterocycles. The zero-order chi connectivity index (χ0) is 18.2. The van der Waals surface area contributed by atoms with Crippen LogP contribution in [0, 0.1) is 0 Å². The number of amides is 1. The second-order valence-electron chi connectivity index (χ2n) is 6.00. The number of carbonyl (C=O) groups excluding carboxylic acids is 1. The quantitative estimate of drug-likeness (QED) is 0.626. The van der Waals surface area contributed by atoms with Crippen molar-refractivity contribution in [3.63, 3.8) is 0 Å². The Morgan fingerprint density at radius 1 is 1.15 bits per heavy atom.